The van der Waals surface area contributed by atoms with Crippen molar-refractivity contribution in [3.05, 3.63) is 34.9 Å². The van der Waals surface area contributed by atoms with E-state index in [0.717, 1.165) is 13.0 Å². The molecule has 1 aromatic carbocycles. The van der Waals surface area contributed by atoms with Crippen molar-refractivity contribution in [1.29, 1.82) is 0 Å². The second kappa shape index (κ2) is 7.22. The maximum Gasteiger partial charge on any atom is 0.315 e. The number of urea groups is 1. The lowest BCUT2D eigenvalue weighted by Crippen LogP contribution is -2.67. The van der Waals surface area contributed by atoms with Crippen LogP contribution in [0.15, 0.2) is 24.3 Å². The molecule has 136 valence electrons. The van der Waals surface area contributed by atoms with E-state index in [4.69, 9.17) is 16.3 Å². The van der Waals surface area contributed by atoms with Crippen LogP contribution in [0.4, 0.5) is 4.79 Å². The Morgan fingerprint density at radius 3 is 2.60 bits per heavy atom. The van der Waals surface area contributed by atoms with Gasteiger partial charge in [-0.1, -0.05) is 25.4 Å². The number of amides is 3. The van der Waals surface area contributed by atoms with E-state index in [1.165, 1.54) is 0 Å². The summed E-state index contributed by atoms with van der Waals surface area (Å²) in [6.45, 7) is 5.74. The summed E-state index contributed by atoms with van der Waals surface area (Å²) >= 11 is 5.80. The molecule has 2 fully saturated rings. The van der Waals surface area contributed by atoms with E-state index < -0.39 is 0 Å². The number of carbonyl (C=O) groups excluding carboxylic acids is 2. The van der Waals surface area contributed by atoms with Gasteiger partial charge in [0.25, 0.3) is 5.91 Å². The molecule has 25 heavy (non-hydrogen) atoms. The molecule has 0 bridgehead atoms. The maximum atomic E-state index is 12.1. The molecule has 3 N–H and O–H groups in total. The lowest BCUT2D eigenvalue weighted by Gasteiger charge is -2.54. The molecule has 1 heterocycles. The Labute approximate surface area is 152 Å². The number of hydrogen-bond acceptors (Lipinski definition) is 3. The van der Waals surface area contributed by atoms with E-state index >= 15 is 0 Å². The zero-order valence-corrected chi connectivity index (χ0v) is 15.2. The first-order valence-electron chi connectivity index (χ1n) is 8.59. The minimum Gasteiger partial charge on any atom is -0.377 e. The smallest absolute Gasteiger partial charge is 0.315 e. The van der Waals surface area contributed by atoms with E-state index in [2.05, 4.69) is 29.8 Å². The molecule has 2 aliphatic rings. The lowest BCUT2D eigenvalue weighted by molar-refractivity contribution is -0.108. The predicted molar refractivity (Wildman–Crippen MR) is 95.7 cm³/mol. The van der Waals surface area contributed by atoms with Gasteiger partial charge in [0, 0.05) is 47.7 Å². The van der Waals surface area contributed by atoms with Gasteiger partial charge in [-0.25, -0.2) is 4.79 Å². The number of nitrogens with one attached hydrogen (secondary N) is 3. The van der Waals surface area contributed by atoms with Gasteiger partial charge in [0.15, 0.2) is 0 Å². The molecule has 3 amide bonds. The van der Waals surface area contributed by atoms with Crippen LogP contribution in [0.2, 0.25) is 5.02 Å². The highest BCUT2D eigenvalue weighted by Gasteiger charge is 2.59. The van der Waals surface area contributed by atoms with Gasteiger partial charge in [-0.2, -0.15) is 0 Å². The fourth-order valence-electron chi connectivity index (χ4n) is 3.86. The quantitative estimate of drug-likeness (QED) is 0.700. The Kier molecular flexibility index (Phi) is 5.20. The Bertz CT molecular complexity index is 647. The number of carbonyl (C=O) groups is 2. The Morgan fingerprint density at radius 1 is 1.20 bits per heavy atom. The minimum atomic E-state index is -0.204. The summed E-state index contributed by atoms with van der Waals surface area (Å²) in [4.78, 5) is 24.0. The number of halogens is 1. The molecule has 1 aliphatic carbocycles. The van der Waals surface area contributed by atoms with E-state index in [1.54, 1.807) is 24.3 Å². The normalized spacial score (nSPS) is 26.3. The zero-order chi connectivity index (χ0) is 18.0. The standard InChI is InChI=1S/C18H24ClN3O3/c1-18(2)14(13-7-10-25-15(13)18)22-17(24)21-9-8-20-16(23)11-3-5-12(19)6-4-11/h3-6,13-15H,7-10H2,1-2H3,(H,20,23)(H2,21,22,24). The summed E-state index contributed by atoms with van der Waals surface area (Å²) in [6, 6.07) is 6.59. The predicted octanol–water partition coefficient (Wildman–Crippen LogP) is 2.18. The largest absolute Gasteiger partial charge is 0.377 e. The molecule has 1 saturated carbocycles. The number of rotatable bonds is 5. The number of benzene rings is 1. The summed E-state index contributed by atoms with van der Waals surface area (Å²) in [7, 11) is 0. The maximum absolute atomic E-state index is 12.1. The molecular weight excluding hydrogens is 342 g/mol. The van der Waals surface area contributed by atoms with E-state index in [9.17, 15) is 9.59 Å². The van der Waals surface area contributed by atoms with Crippen LogP contribution in [-0.4, -0.2) is 43.8 Å². The van der Waals surface area contributed by atoms with Crippen LogP contribution in [0, 0.1) is 11.3 Å². The lowest BCUT2D eigenvalue weighted by atomic mass is 9.57. The van der Waals surface area contributed by atoms with Gasteiger partial charge in [-0.15, -0.1) is 0 Å². The van der Waals surface area contributed by atoms with Crippen molar-refractivity contribution in [2.75, 3.05) is 19.7 Å². The molecule has 6 nitrogen and oxygen atoms in total. The van der Waals surface area contributed by atoms with Crippen LogP contribution < -0.4 is 16.0 Å². The van der Waals surface area contributed by atoms with Gasteiger partial charge in [0.1, 0.15) is 0 Å². The summed E-state index contributed by atoms with van der Waals surface area (Å²) in [6.07, 6.45) is 1.24. The molecule has 1 aromatic rings. The van der Waals surface area contributed by atoms with Crippen molar-refractivity contribution in [2.24, 2.45) is 11.3 Å². The number of fused-ring (bicyclic) bond motifs is 1. The molecule has 3 atom stereocenters. The average molecular weight is 366 g/mol. The molecule has 0 spiro atoms. The molecule has 3 rings (SSSR count). The molecule has 7 heteroatoms. The molecular formula is C18H24ClN3O3. The fourth-order valence-corrected chi connectivity index (χ4v) is 3.99. The highest BCUT2D eigenvalue weighted by atomic mass is 35.5. The first-order chi connectivity index (χ1) is 11.9. The molecule has 1 saturated heterocycles. The van der Waals surface area contributed by atoms with Gasteiger partial charge < -0.3 is 20.7 Å². The third-order valence-electron chi connectivity index (χ3n) is 5.19. The average Bonchev–Trinajstić information content (AvgIpc) is 3.04. The van der Waals surface area contributed by atoms with Crippen molar-refractivity contribution in [1.82, 2.24) is 16.0 Å². The van der Waals surface area contributed by atoms with Crippen LogP contribution >= 0.6 is 11.6 Å². The second-order valence-corrected chi connectivity index (χ2v) is 7.64. The monoisotopic (exact) mass is 365 g/mol. The third-order valence-corrected chi connectivity index (χ3v) is 5.44. The first-order valence-corrected chi connectivity index (χ1v) is 8.97. The molecule has 3 unspecified atom stereocenters. The second-order valence-electron chi connectivity index (χ2n) is 7.21. The SMILES string of the molecule is CC1(C)C(NC(=O)NCCNC(=O)c2ccc(Cl)cc2)C2CCOC21. The van der Waals surface area contributed by atoms with E-state index in [0.29, 0.717) is 29.6 Å². The topological polar surface area (TPSA) is 79.5 Å². The van der Waals surface area contributed by atoms with Crippen LogP contribution in [0.25, 0.3) is 0 Å². The Balaban J connectivity index is 1.37. The summed E-state index contributed by atoms with van der Waals surface area (Å²) in [5.41, 5.74) is 0.499. The van der Waals surface area contributed by atoms with E-state index in [1.807, 2.05) is 0 Å². The van der Waals surface area contributed by atoms with E-state index in [-0.39, 0.29) is 29.5 Å². The summed E-state index contributed by atoms with van der Waals surface area (Å²) < 4.78 is 5.73. The molecule has 1 aliphatic heterocycles. The minimum absolute atomic E-state index is 0.0404. The van der Waals surface area contributed by atoms with Crippen LogP contribution in [-0.2, 0) is 4.74 Å². The van der Waals surface area contributed by atoms with Crippen molar-refractivity contribution < 1.29 is 14.3 Å². The van der Waals surface area contributed by atoms with Crippen LogP contribution in [0.1, 0.15) is 30.6 Å². The van der Waals surface area contributed by atoms with Gasteiger partial charge >= 0.3 is 6.03 Å². The summed E-state index contributed by atoms with van der Waals surface area (Å²) in [5, 5.41) is 9.19. The van der Waals surface area contributed by atoms with Gasteiger partial charge in [-0.05, 0) is 30.7 Å². The zero-order valence-electron chi connectivity index (χ0n) is 14.5. The van der Waals surface area contributed by atoms with Crippen LogP contribution in [0.5, 0.6) is 0 Å². The first kappa shape index (κ1) is 18.0. The summed E-state index contributed by atoms with van der Waals surface area (Å²) in [5.74, 6) is 0.218. The third kappa shape index (κ3) is 3.75. The van der Waals surface area contributed by atoms with Gasteiger partial charge in [0.05, 0.1) is 6.10 Å². The van der Waals surface area contributed by atoms with Crippen molar-refractivity contribution in [3.63, 3.8) is 0 Å². The number of hydrogen-bond donors (Lipinski definition) is 3. The van der Waals surface area contributed by atoms with Gasteiger partial charge in [-0.3, -0.25) is 4.79 Å². The molecule has 0 aromatic heterocycles. The Morgan fingerprint density at radius 2 is 1.88 bits per heavy atom. The van der Waals surface area contributed by atoms with Crippen molar-refractivity contribution >= 4 is 23.5 Å². The highest BCUT2D eigenvalue weighted by Crippen LogP contribution is 2.51. The Hall–Kier alpha value is -1.79. The highest BCUT2D eigenvalue weighted by molar-refractivity contribution is 6.30. The number of ether oxygens (including phenoxy) is 1. The van der Waals surface area contributed by atoms with Gasteiger partial charge in [0.2, 0.25) is 0 Å². The fraction of sp³-hybridized carbons (Fsp3) is 0.556. The van der Waals surface area contributed by atoms with Crippen LogP contribution in [0.3, 0.4) is 0 Å². The molecule has 0 radical (unpaired) electrons. The van der Waals surface area contributed by atoms with Crippen molar-refractivity contribution in [2.45, 2.75) is 32.4 Å². The van der Waals surface area contributed by atoms with Crippen molar-refractivity contribution in [3.8, 4) is 0 Å².